The number of aromatic nitrogens is 4. The summed E-state index contributed by atoms with van der Waals surface area (Å²) in [4.78, 5) is 13.7. The number of rotatable bonds is 4. The number of ether oxygens (including phenoxy) is 1. The van der Waals surface area contributed by atoms with Gasteiger partial charge in [-0.2, -0.15) is 0 Å². The van der Waals surface area contributed by atoms with Gasteiger partial charge in [-0.05, 0) is 72.0 Å². The lowest BCUT2D eigenvalue weighted by Crippen LogP contribution is -2.07. The lowest BCUT2D eigenvalue weighted by atomic mass is 9.93. The van der Waals surface area contributed by atoms with Crippen molar-refractivity contribution in [2.24, 2.45) is 5.92 Å². The largest absolute Gasteiger partial charge is 0.451 e. The summed E-state index contributed by atoms with van der Waals surface area (Å²) in [6, 6.07) is 36.4. The van der Waals surface area contributed by atoms with E-state index in [1.165, 1.54) is 27.5 Å². The lowest BCUT2D eigenvalue weighted by molar-refractivity contribution is 0.473. The van der Waals surface area contributed by atoms with E-state index in [-0.39, 0.29) is 0 Å². The minimum atomic E-state index is 0.527. The van der Waals surface area contributed by atoms with Gasteiger partial charge >= 0.3 is 0 Å². The predicted molar refractivity (Wildman–Crippen MR) is 175 cm³/mol. The van der Waals surface area contributed by atoms with Crippen molar-refractivity contribution < 1.29 is 4.74 Å². The summed E-state index contributed by atoms with van der Waals surface area (Å²) in [7, 11) is 0. The Labute approximate surface area is 248 Å². The van der Waals surface area contributed by atoms with Crippen LogP contribution >= 0.6 is 0 Å². The van der Waals surface area contributed by atoms with Crippen molar-refractivity contribution in [2.45, 2.75) is 20.3 Å². The molecule has 5 heterocycles. The number of hydrogen-bond donors (Lipinski definition) is 1. The van der Waals surface area contributed by atoms with Gasteiger partial charge in [-0.15, -0.1) is 0 Å². The summed E-state index contributed by atoms with van der Waals surface area (Å²) in [6.45, 7) is 4.54. The number of nitrogens with one attached hydrogen (secondary N) is 1. The quantitative estimate of drug-likeness (QED) is 0.235. The molecule has 9 rings (SSSR count). The van der Waals surface area contributed by atoms with Crippen molar-refractivity contribution >= 4 is 43.7 Å². The molecule has 0 saturated heterocycles. The first-order valence-corrected chi connectivity index (χ1v) is 14.8. The maximum absolute atomic E-state index is 6.40. The van der Waals surface area contributed by atoms with Crippen LogP contribution in [0.4, 0.5) is 0 Å². The molecule has 1 aliphatic rings. The molecule has 8 aromatic rings. The van der Waals surface area contributed by atoms with Crippen molar-refractivity contribution in [2.75, 3.05) is 0 Å². The first kappa shape index (κ1) is 24.2. The summed E-state index contributed by atoms with van der Waals surface area (Å²) >= 11 is 0. The van der Waals surface area contributed by atoms with Gasteiger partial charge < -0.3 is 9.72 Å². The number of para-hydroxylation sites is 3. The van der Waals surface area contributed by atoms with E-state index in [4.69, 9.17) is 14.7 Å². The van der Waals surface area contributed by atoms with Crippen molar-refractivity contribution in [1.82, 2.24) is 19.5 Å². The fraction of sp³-hybridized carbons (Fsp3) is 0.105. The van der Waals surface area contributed by atoms with Crippen LogP contribution in [-0.2, 0) is 6.42 Å². The Kier molecular flexibility index (Phi) is 5.09. The standard InChI is InChI=1S/C38H28N4O/c1-22(2)18-23-19-24(26-9-5-10-28-27-8-3-4-13-32(27)40-35(26)28)21-25(20-23)31-15-16-34-38(41-31)42-36-29(11-6-14-33(36)43-34)30-12-7-17-39-37(30)42/h3-17,19-22,40H,18H2,1-2H3. The molecular weight excluding hydrogens is 528 g/mol. The number of fused-ring (bicyclic) bond motifs is 8. The van der Waals surface area contributed by atoms with Gasteiger partial charge in [0.25, 0.3) is 0 Å². The van der Waals surface area contributed by atoms with Crippen LogP contribution in [0.15, 0.2) is 109 Å². The first-order valence-electron chi connectivity index (χ1n) is 14.8. The normalized spacial score (nSPS) is 12.4. The Balaban J connectivity index is 1.26. The fourth-order valence-electron chi connectivity index (χ4n) is 6.80. The zero-order chi connectivity index (χ0) is 28.7. The summed E-state index contributed by atoms with van der Waals surface area (Å²) in [6.07, 6.45) is 2.83. The molecule has 206 valence electrons. The predicted octanol–water partition coefficient (Wildman–Crippen LogP) is 9.85. The Morgan fingerprint density at radius 3 is 2.49 bits per heavy atom. The highest BCUT2D eigenvalue weighted by molar-refractivity contribution is 6.12. The molecule has 1 N–H and O–H groups in total. The minimum absolute atomic E-state index is 0.527. The molecule has 4 aromatic carbocycles. The molecule has 1 aliphatic heterocycles. The molecular formula is C38H28N4O. The zero-order valence-corrected chi connectivity index (χ0v) is 23.9. The molecule has 0 fully saturated rings. The molecule has 5 nitrogen and oxygen atoms in total. The number of H-pyrrole nitrogens is 1. The SMILES string of the molecule is CC(C)Cc1cc(-c2ccc3c(n2)-n2c4ncccc4c4cccc(c42)O3)cc(-c2cccc3c2[nH]c2ccccc23)c1. The van der Waals surface area contributed by atoms with Gasteiger partial charge in [0, 0.05) is 44.4 Å². The van der Waals surface area contributed by atoms with Gasteiger partial charge in [-0.3, -0.25) is 4.57 Å². The maximum Gasteiger partial charge on any atom is 0.183 e. The third kappa shape index (κ3) is 3.64. The number of benzene rings is 4. The van der Waals surface area contributed by atoms with Crippen LogP contribution in [0, 0.1) is 5.92 Å². The highest BCUT2D eigenvalue weighted by Crippen LogP contribution is 2.45. The van der Waals surface area contributed by atoms with Crippen LogP contribution in [0.1, 0.15) is 19.4 Å². The van der Waals surface area contributed by atoms with Crippen molar-refractivity contribution in [3.8, 4) is 39.7 Å². The Bertz CT molecular complexity index is 2390. The van der Waals surface area contributed by atoms with Gasteiger partial charge in [0.15, 0.2) is 17.3 Å². The topological polar surface area (TPSA) is 55.7 Å². The number of aromatic amines is 1. The Hall–Kier alpha value is -5.42. The molecule has 4 aromatic heterocycles. The minimum Gasteiger partial charge on any atom is -0.451 e. The van der Waals surface area contributed by atoms with Gasteiger partial charge in [0.05, 0.1) is 16.7 Å². The van der Waals surface area contributed by atoms with Gasteiger partial charge in [0.1, 0.15) is 5.65 Å². The first-order chi connectivity index (χ1) is 21.1. The molecule has 43 heavy (non-hydrogen) atoms. The smallest absolute Gasteiger partial charge is 0.183 e. The van der Waals surface area contributed by atoms with E-state index >= 15 is 0 Å². The van der Waals surface area contributed by atoms with E-state index in [0.717, 1.165) is 68.0 Å². The van der Waals surface area contributed by atoms with E-state index in [0.29, 0.717) is 5.92 Å². The summed E-state index contributed by atoms with van der Waals surface area (Å²) in [5, 5.41) is 4.69. The highest BCUT2D eigenvalue weighted by Gasteiger charge is 2.26. The summed E-state index contributed by atoms with van der Waals surface area (Å²) in [5.74, 6) is 2.85. The Morgan fingerprint density at radius 2 is 1.56 bits per heavy atom. The monoisotopic (exact) mass is 556 g/mol. The molecule has 0 aliphatic carbocycles. The maximum atomic E-state index is 6.40. The molecule has 0 bridgehead atoms. The average Bonchev–Trinajstić information content (AvgIpc) is 3.58. The molecule has 0 radical (unpaired) electrons. The molecule has 0 amide bonds. The van der Waals surface area contributed by atoms with Gasteiger partial charge in [0.2, 0.25) is 0 Å². The fourth-order valence-corrected chi connectivity index (χ4v) is 6.80. The van der Waals surface area contributed by atoms with Gasteiger partial charge in [-0.25, -0.2) is 9.97 Å². The second-order valence-electron chi connectivity index (χ2n) is 11.9. The van der Waals surface area contributed by atoms with Crippen LogP contribution in [0.5, 0.6) is 11.5 Å². The van der Waals surface area contributed by atoms with Crippen LogP contribution < -0.4 is 4.74 Å². The van der Waals surface area contributed by atoms with E-state index in [2.05, 4.69) is 102 Å². The molecule has 0 spiro atoms. The van der Waals surface area contributed by atoms with Crippen LogP contribution in [0.25, 0.3) is 71.9 Å². The van der Waals surface area contributed by atoms with E-state index in [9.17, 15) is 0 Å². The second-order valence-corrected chi connectivity index (χ2v) is 11.9. The number of nitrogens with zero attached hydrogens (tertiary/aromatic N) is 3. The highest BCUT2D eigenvalue weighted by atomic mass is 16.5. The summed E-state index contributed by atoms with van der Waals surface area (Å²) in [5.41, 5.74) is 9.87. The second kappa shape index (κ2) is 9.04. The van der Waals surface area contributed by atoms with E-state index < -0.39 is 0 Å². The van der Waals surface area contributed by atoms with Crippen LogP contribution in [0.3, 0.4) is 0 Å². The molecule has 5 heteroatoms. The molecule has 0 atom stereocenters. The third-order valence-electron chi connectivity index (χ3n) is 8.57. The van der Waals surface area contributed by atoms with Gasteiger partial charge in [-0.1, -0.05) is 68.4 Å². The van der Waals surface area contributed by atoms with Crippen molar-refractivity contribution in [3.63, 3.8) is 0 Å². The van der Waals surface area contributed by atoms with Crippen molar-refractivity contribution in [1.29, 1.82) is 0 Å². The lowest BCUT2D eigenvalue weighted by Gasteiger charge is -2.20. The van der Waals surface area contributed by atoms with E-state index in [1.54, 1.807) is 0 Å². The number of hydrogen-bond acceptors (Lipinski definition) is 3. The van der Waals surface area contributed by atoms with Crippen LogP contribution in [-0.4, -0.2) is 19.5 Å². The average molecular weight is 557 g/mol. The number of pyridine rings is 2. The Morgan fingerprint density at radius 1 is 0.744 bits per heavy atom. The zero-order valence-electron chi connectivity index (χ0n) is 23.9. The molecule has 0 unspecified atom stereocenters. The van der Waals surface area contributed by atoms with Crippen molar-refractivity contribution in [3.05, 3.63) is 115 Å². The van der Waals surface area contributed by atoms with Crippen LogP contribution in [0.2, 0.25) is 0 Å². The molecule has 0 saturated carbocycles. The summed E-state index contributed by atoms with van der Waals surface area (Å²) < 4.78 is 8.56. The third-order valence-corrected chi connectivity index (χ3v) is 8.57. The van der Waals surface area contributed by atoms with E-state index in [1.807, 2.05) is 30.5 Å².